The molecule has 3 aromatic rings. The summed E-state index contributed by atoms with van der Waals surface area (Å²) in [4.78, 5) is 24.3. The van der Waals surface area contributed by atoms with Crippen molar-refractivity contribution in [3.8, 4) is 11.5 Å². The summed E-state index contributed by atoms with van der Waals surface area (Å²) >= 11 is 6.07. The Morgan fingerprint density at radius 2 is 1.87 bits per heavy atom. The minimum Gasteiger partial charge on any atom is -0.481 e. The Morgan fingerprint density at radius 3 is 2.47 bits per heavy atom. The number of rotatable bonds is 11. The molecule has 11 heteroatoms. The second kappa shape index (κ2) is 10.6. The Kier molecular flexibility index (Phi) is 7.74. The number of ketones is 1. The van der Waals surface area contributed by atoms with Crippen molar-refractivity contribution in [1.82, 2.24) is 10.3 Å². The Labute approximate surface area is 222 Å². The first-order chi connectivity index (χ1) is 17.8. The number of aromatic nitrogens is 2. The van der Waals surface area contributed by atoms with Crippen LogP contribution in [-0.4, -0.2) is 27.2 Å². The smallest absolute Gasteiger partial charge is 0.312 e. The summed E-state index contributed by atoms with van der Waals surface area (Å²) in [5.74, 6) is -6.10. The third-order valence-electron chi connectivity index (χ3n) is 6.71. The van der Waals surface area contributed by atoms with Gasteiger partial charge in [-0.25, -0.2) is 4.39 Å². The number of nitrogens with zero attached hydrogens (tertiary/aromatic N) is 2. The summed E-state index contributed by atoms with van der Waals surface area (Å²) in [5.41, 5.74) is 0.145. The van der Waals surface area contributed by atoms with Crippen LogP contribution in [0, 0.1) is 11.2 Å². The van der Waals surface area contributed by atoms with Crippen molar-refractivity contribution < 1.29 is 36.9 Å². The van der Waals surface area contributed by atoms with Crippen molar-refractivity contribution in [3.05, 3.63) is 57.7 Å². The Morgan fingerprint density at radius 1 is 1.16 bits per heavy atom. The van der Waals surface area contributed by atoms with Gasteiger partial charge in [-0.2, -0.15) is 8.78 Å². The molecule has 1 atom stereocenters. The molecule has 0 aliphatic heterocycles. The number of Topliss-reactive ketones (excluding diaryl/α,β-unsaturated/α-hetero) is 1. The van der Waals surface area contributed by atoms with Crippen LogP contribution >= 0.6 is 11.6 Å². The SMILES string of the molecule is CC(C)(C)C(F)(F)c1cc(-c2onc([C@H](CCC(=O)O)CC(=O)Cc3ccc(F)cc3Cl)c2C2CC2)no1. The second-order valence-corrected chi connectivity index (χ2v) is 11.2. The highest BCUT2D eigenvalue weighted by Gasteiger charge is 2.49. The van der Waals surface area contributed by atoms with E-state index in [1.807, 2.05) is 0 Å². The van der Waals surface area contributed by atoms with E-state index in [0.29, 0.717) is 16.8 Å². The van der Waals surface area contributed by atoms with E-state index >= 15 is 0 Å². The summed E-state index contributed by atoms with van der Waals surface area (Å²) < 4.78 is 53.7. The van der Waals surface area contributed by atoms with Gasteiger partial charge < -0.3 is 14.2 Å². The zero-order valence-corrected chi connectivity index (χ0v) is 21.9. The number of carboxylic acid groups (broad SMARTS) is 1. The molecule has 0 bridgehead atoms. The van der Waals surface area contributed by atoms with E-state index in [9.17, 15) is 27.9 Å². The van der Waals surface area contributed by atoms with Gasteiger partial charge in [-0.05, 0) is 42.9 Å². The molecule has 1 N–H and O–H groups in total. The minimum absolute atomic E-state index is 0.0171. The maximum Gasteiger partial charge on any atom is 0.312 e. The molecule has 38 heavy (non-hydrogen) atoms. The van der Waals surface area contributed by atoms with Gasteiger partial charge in [0.15, 0.2) is 11.5 Å². The van der Waals surface area contributed by atoms with Gasteiger partial charge >= 0.3 is 11.9 Å². The fourth-order valence-electron chi connectivity index (χ4n) is 4.31. The third-order valence-corrected chi connectivity index (χ3v) is 7.06. The molecule has 1 saturated carbocycles. The Balaban J connectivity index is 1.64. The molecule has 4 rings (SSSR count). The van der Waals surface area contributed by atoms with Gasteiger partial charge in [0.1, 0.15) is 11.6 Å². The van der Waals surface area contributed by atoms with Crippen molar-refractivity contribution in [1.29, 1.82) is 0 Å². The first-order valence-corrected chi connectivity index (χ1v) is 12.7. The van der Waals surface area contributed by atoms with Gasteiger partial charge in [-0.15, -0.1) is 0 Å². The summed E-state index contributed by atoms with van der Waals surface area (Å²) in [6, 6.07) is 4.90. The number of hydrogen-bond donors (Lipinski definition) is 1. The van der Waals surface area contributed by atoms with E-state index in [2.05, 4.69) is 10.3 Å². The predicted molar refractivity (Wildman–Crippen MR) is 132 cm³/mol. The number of hydrogen-bond acceptors (Lipinski definition) is 6. The van der Waals surface area contributed by atoms with Crippen LogP contribution in [0.5, 0.6) is 0 Å². The van der Waals surface area contributed by atoms with Crippen LogP contribution in [0.3, 0.4) is 0 Å². The first kappa shape index (κ1) is 27.9. The normalized spacial score (nSPS) is 15.0. The fraction of sp³-hybridized carbons (Fsp3) is 0.481. The maximum atomic E-state index is 14.8. The standard InChI is InChI=1S/C27H28ClF3N2O5/c1-26(2,3)27(30,31)21-13-20(32-37-21)25-23(14-4-5-14)24(33-38-25)16(7-9-22(35)36)11-18(34)10-15-6-8-17(29)12-19(15)28/h6,8,12-14,16H,4-5,7,9-11H2,1-3H3,(H,35,36)/t16-/m1/s1. The fourth-order valence-corrected chi connectivity index (χ4v) is 4.55. The highest BCUT2D eigenvalue weighted by Crippen LogP contribution is 2.50. The van der Waals surface area contributed by atoms with E-state index in [-0.39, 0.29) is 53.9 Å². The van der Waals surface area contributed by atoms with Crippen molar-refractivity contribution in [3.63, 3.8) is 0 Å². The molecule has 1 aliphatic carbocycles. The van der Waals surface area contributed by atoms with E-state index in [4.69, 9.17) is 20.6 Å². The number of carboxylic acids is 1. The van der Waals surface area contributed by atoms with Gasteiger partial charge in [0, 0.05) is 47.2 Å². The van der Waals surface area contributed by atoms with E-state index in [1.54, 1.807) is 0 Å². The molecule has 1 aliphatic rings. The van der Waals surface area contributed by atoms with Crippen LogP contribution in [0.4, 0.5) is 13.2 Å². The van der Waals surface area contributed by atoms with Crippen molar-refractivity contribution in [2.24, 2.45) is 5.41 Å². The molecule has 1 aromatic carbocycles. The largest absolute Gasteiger partial charge is 0.481 e. The number of halogens is 4. The molecule has 0 amide bonds. The van der Waals surface area contributed by atoms with Crippen molar-refractivity contribution in [2.45, 2.75) is 77.1 Å². The predicted octanol–water partition coefficient (Wildman–Crippen LogP) is 7.29. The first-order valence-electron chi connectivity index (χ1n) is 12.3. The highest BCUT2D eigenvalue weighted by atomic mass is 35.5. The Bertz CT molecular complexity index is 1340. The number of carbonyl (C=O) groups excluding carboxylic acids is 1. The van der Waals surface area contributed by atoms with Crippen LogP contribution in [0.15, 0.2) is 33.3 Å². The van der Waals surface area contributed by atoms with Crippen LogP contribution < -0.4 is 0 Å². The van der Waals surface area contributed by atoms with Gasteiger partial charge in [0.2, 0.25) is 5.76 Å². The molecule has 204 valence electrons. The summed E-state index contributed by atoms with van der Waals surface area (Å²) in [6.45, 7) is 4.17. The number of benzene rings is 1. The summed E-state index contributed by atoms with van der Waals surface area (Å²) in [7, 11) is 0. The molecule has 2 heterocycles. The molecular formula is C27H28ClF3N2O5. The lowest BCUT2D eigenvalue weighted by atomic mass is 9.86. The lowest BCUT2D eigenvalue weighted by Crippen LogP contribution is -2.30. The van der Waals surface area contributed by atoms with Crippen LogP contribution in [-0.2, 0) is 21.9 Å². The molecule has 1 fully saturated rings. The quantitative estimate of drug-likeness (QED) is 0.266. The van der Waals surface area contributed by atoms with Crippen LogP contribution in [0.2, 0.25) is 5.02 Å². The molecule has 7 nitrogen and oxygen atoms in total. The molecule has 0 radical (unpaired) electrons. The Hall–Kier alpha value is -3.14. The van der Waals surface area contributed by atoms with E-state index < -0.39 is 34.8 Å². The van der Waals surface area contributed by atoms with Crippen molar-refractivity contribution in [2.75, 3.05) is 0 Å². The molecule has 2 aromatic heterocycles. The lowest BCUT2D eigenvalue weighted by Gasteiger charge is -2.27. The monoisotopic (exact) mass is 552 g/mol. The zero-order chi connectivity index (χ0) is 27.8. The molecule has 0 unspecified atom stereocenters. The van der Waals surface area contributed by atoms with Gasteiger partial charge in [0.25, 0.3) is 0 Å². The summed E-state index contributed by atoms with van der Waals surface area (Å²) in [6.07, 6.45) is 1.37. The maximum absolute atomic E-state index is 14.8. The zero-order valence-electron chi connectivity index (χ0n) is 21.2. The van der Waals surface area contributed by atoms with Gasteiger partial charge in [0.05, 0.1) is 5.69 Å². The van der Waals surface area contributed by atoms with Gasteiger partial charge in [-0.1, -0.05) is 48.8 Å². The average molecular weight is 553 g/mol. The molecular weight excluding hydrogens is 525 g/mol. The topological polar surface area (TPSA) is 106 Å². The number of alkyl halides is 2. The highest BCUT2D eigenvalue weighted by molar-refractivity contribution is 6.31. The van der Waals surface area contributed by atoms with E-state index in [1.165, 1.54) is 32.9 Å². The van der Waals surface area contributed by atoms with Crippen LogP contribution in [0.1, 0.15) is 87.3 Å². The average Bonchev–Trinajstić information content (AvgIpc) is 3.35. The van der Waals surface area contributed by atoms with Gasteiger partial charge in [-0.3, -0.25) is 9.59 Å². The second-order valence-electron chi connectivity index (χ2n) is 10.8. The van der Waals surface area contributed by atoms with E-state index in [0.717, 1.165) is 25.0 Å². The molecule has 0 saturated heterocycles. The minimum atomic E-state index is -3.29. The summed E-state index contributed by atoms with van der Waals surface area (Å²) in [5, 5.41) is 17.4. The molecule has 0 spiro atoms. The van der Waals surface area contributed by atoms with Crippen LogP contribution in [0.25, 0.3) is 11.5 Å². The lowest BCUT2D eigenvalue weighted by molar-refractivity contribution is -0.137. The third kappa shape index (κ3) is 5.95. The number of carbonyl (C=O) groups is 2. The number of aliphatic carboxylic acids is 1. The van der Waals surface area contributed by atoms with Crippen molar-refractivity contribution >= 4 is 23.4 Å².